The van der Waals surface area contributed by atoms with E-state index < -0.39 is 20.1 Å². The molecular weight excluding hydrogens is 269 g/mol. The maximum Gasteiger partial charge on any atom is -0.0576 e. The van der Waals surface area contributed by atoms with Crippen molar-refractivity contribution in [2.45, 2.75) is 0 Å². The van der Waals surface area contributed by atoms with E-state index in [0.717, 1.165) is 0 Å². The minimum atomic E-state index is -6.06. The number of halogens is 1. The summed E-state index contributed by atoms with van der Waals surface area (Å²) in [5, 5.41) is 0. The van der Waals surface area contributed by atoms with E-state index in [0.29, 0.717) is 0 Å². The monoisotopic (exact) mass is 274 g/mol. The van der Waals surface area contributed by atoms with E-state index in [-0.39, 0.29) is 27.0 Å². The van der Waals surface area contributed by atoms with Crippen molar-refractivity contribution in [1.82, 2.24) is 0 Å². The second-order valence-corrected chi connectivity index (χ2v) is 3.46. The Morgan fingerprint density at radius 1 is 1.38 bits per heavy atom. The zero-order valence-corrected chi connectivity index (χ0v) is 8.48. The SMILES string of the molecule is [O]=[Sb]([O-])([O-])[O]F.[SH3+].[SH3+]. The molecule has 0 heterocycles. The van der Waals surface area contributed by atoms with Gasteiger partial charge in [0, 0.05) is 0 Å². The fourth-order valence-corrected chi connectivity index (χ4v) is 0. The molecule has 0 aliphatic rings. The third kappa shape index (κ3) is 15.7. The topological polar surface area (TPSA) is 72.4 Å². The maximum atomic E-state index is 10.2. The molecular formula is H6FO4S2Sb. The maximum absolute atomic E-state index is 10.2. The second-order valence-electron chi connectivity index (χ2n) is 0.516. The summed E-state index contributed by atoms with van der Waals surface area (Å²) in [6.07, 6.45) is 0. The molecule has 0 rings (SSSR count). The summed E-state index contributed by atoms with van der Waals surface area (Å²) < 4.78 is 39.0. The minimum Gasteiger partial charge on any atom is -0.0576 e. The molecule has 0 fully saturated rings. The molecule has 0 atom stereocenters. The van der Waals surface area contributed by atoms with Crippen LogP contribution in [-0.4, -0.2) is 20.1 Å². The van der Waals surface area contributed by atoms with Crippen molar-refractivity contribution < 1.29 is 17.5 Å². The van der Waals surface area contributed by atoms with E-state index in [2.05, 4.69) is 0 Å². The van der Waals surface area contributed by atoms with Crippen LogP contribution in [0.15, 0.2) is 0 Å². The van der Waals surface area contributed by atoms with Gasteiger partial charge in [-0.2, -0.15) is 0 Å². The van der Waals surface area contributed by atoms with Gasteiger partial charge in [-0.05, 0) is 0 Å². The van der Waals surface area contributed by atoms with Crippen LogP contribution < -0.4 is 6.77 Å². The van der Waals surface area contributed by atoms with Crippen molar-refractivity contribution in [1.29, 1.82) is 0 Å². The first-order valence-corrected chi connectivity index (χ1v) is 5.05. The van der Waals surface area contributed by atoms with Gasteiger partial charge in [-0.15, -0.1) is 0 Å². The standard InChI is InChI=1S/FO.3O.2H2S.Sb/c1-2;;;;;;/h;;;;2*1H2;/q-1;;2*-1;;;+1/p+2. The molecule has 8 heteroatoms. The normalized spacial score (nSPS) is 8.88. The van der Waals surface area contributed by atoms with Crippen molar-refractivity contribution in [3.05, 3.63) is 0 Å². The molecule has 0 bridgehead atoms. The molecule has 0 aromatic heterocycles. The third-order valence-electron chi connectivity index (χ3n) is 0.0845. The summed E-state index contributed by atoms with van der Waals surface area (Å²) in [6.45, 7) is 0. The van der Waals surface area contributed by atoms with Crippen LogP contribution in [0.3, 0.4) is 0 Å². The Hall–Kier alpha value is 1.13. The van der Waals surface area contributed by atoms with E-state index in [4.69, 9.17) is 9.79 Å². The van der Waals surface area contributed by atoms with Crippen molar-refractivity contribution in [3.63, 3.8) is 0 Å². The Labute approximate surface area is 64.5 Å². The first-order valence-electron chi connectivity index (χ1n) is 0.885. The van der Waals surface area contributed by atoms with Crippen molar-refractivity contribution in [3.8, 4) is 0 Å². The fourth-order valence-electron chi connectivity index (χ4n) is 0. The van der Waals surface area contributed by atoms with Gasteiger partial charge < -0.3 is 0 Å². The van der Waals surface area contributed by atoms with Crippen LogP contribution in [0.25, 0.3) is 0 Å². The molecule has 0 aliphatic carbocycles. The van der Waals surface area contributed by atoms with Crippen LogP contribution in [0.4, 0.5) is 4.53 Å². The van der Waals surface area contributed by atoms with E-state index in [1.54, 1.807) is 0 Å². The van der Waals surface area contributed by atoms with Crippen LogP contribution in [0, 0.1) is 0 Å². The predicted molar refractivity (Wildman–Crippen MR) is 31.7 cm³/mol. The molecule has 4 nitrogen and oxygen atoms in total. The van der Waals surface area contributed by atoms with Gasteiger partial charge in [0.1, 0.15) is 0 Å². The Kier molecular flexibility index (Phi) is 12.5. The van der Waals surface area contributed by atoms with Crippen LogP contribution in [-0.2, 0) is 33.2 Å². The minimum absolute atomic E-state index is 0. The smallest absolute Gasteiger partial charge is 0.0576 e. The Bertz CT molecular complexity index is 78.1. The van der Waals surface area contributed by atoms with Crippen LogP contribution in [0.2, 0.25) is 0 Å². The molecule has 0 aromatic rings. The van der Waals surface area contributed by atoms with Crippen molar-refractivity contribution >= 4 is 47.0 Å². The van der Waals surface area contributed by atoms with Crippen LogP contribution >= 0.6 is 0 Å². The quantitative estimate of drug-likeness (QED) is 0.360. The summed E-state index contributed by atoms with van der Waals surface area (Å²) in [5.74, 6) is 0. The summed E-state index contributed by atoms with van der Waals surface area (Å²) in [7, 11) is 0. The Balaban J connectivity index is -0.000000125. The molecule has 0 spiro atoms. The van der Waals surface area contributed by atoms with Crippen LogP contribution in [0.1, 0.15) is 0 Å². The Morgan fingerprint density at radius 2 is 1.50 bits per heavy atom. The number of rotatable bonds is 1. The molecule has 0 saturated heterocycles. The van der Waals surface area contributed by atoms with Gasteiger partial charge in [0.2, 0.25) is 0 Å². The van der Waals surface area contributed by atoms with Gasteiger partial charge >= 0.3 is 37.6 Å². The first-order chi connectivity index (χ1) is 2.56. The molecule has 54 valence electrons. The molecule has 0 saturated carbocycles. The zero-order chi connectivity index (χ0) is 5.21. The summed E-state index contributed by atoms with van der Waals surface area (Å²) >= 11 is -6.06. The summed E-state index contributed by atoms with van der Waals surface area (Å²) in [5.41, 5.74) is 0. The van der Waals surface area contributed by atoms with E-state index >= 15 is 0 Å². The fraction of sp³-hybridized carbons (Fsp3) is 0. The van der Waals surface area contributed by atoms with Gasteiger partial charge in [0.15, 0.2) is 0 Å². The zero-order valence-electron chi connectivity index (χ0n) is 3.61. The average Bonchev–Trinajstić information content (AvgIpc) is 1.35. The Morgan fingerprint density at radius 3 is 1.50 bits per heavy atom. The molecule has 0 N–H and O–H groups in total. The molecule has 0 aromatic carbocycles. The largest absolute Gasteiger partial charge is 0.0576 e. The van der Waals surface area contributed by atoms with Gasteiger partial charge in [0.25, 0.3) is 0 Å². The van der Waals surface area contributed by atoms with Gasteiger partial charge in [-0.1, -0.05) is 27.0 Å². The molecule has 0 radical (unpaired) electrons. The molecule has 0 aliphatic heterocycles. The van der Waals surface area contributed by atoms with E-state index in [1.165, 1.54) is 0 Å². The van der Waals surface area contributed by atoms with Crippen LogP contribution in [0.5, 0.6) is 0 Å². The first kappa shape index (κ1) is 16.1. The second kappa shape index (κ2) is 6.25. The van der Waals surface area contributed by atoms with Gasteiger partial charge in [-0.3, -0.25) is 0 Å². The van der Waals surface area contributed by atoms with Gasteiger partial charge in [-0.25, -0.2) is 0 Å². The molecule has 0 amide bonds. The summed E-state index contributed by atoms with van der Waals surface area (Å²) in [6, 6.07) is 0. The number of hydrogen-bond donors (Lipinski definition) is 0. The predicted octanol–water partition coefficient (Wildman–Crippen LogP) is -4.14. The number of hydrogen-bond acceptors (Lipinski definition) is 4. The summed E-state index contributed by atoms with van der Waals surface area (Å²) in [4.78, 5) is 0. The van der Waals surface area contributed by atoms with Crippen molar-refractivity contribution in [2.75, 3.05) is 0 Å². The molecule has 0 unspecified atom stereocenters. The molecule has 8 heavy (non-hydrogen) atoms. The average molecular weight is 275 g/mol. The van der Waals surface area contributed by atoms with E-state index in [1.807, 2.05) is 3.22 Å². The van der Waals surface area contributed by atoms with Crippen molar-refractivity contribution in [2.24, 2.45) is 0 Å². The third-order valence-corrected chi connectivity index (χ3v) is 0.567. The van der Waals surface area contributed by atoms with Gasteiger partial charge in [0.05, 0.1) is 0 Å². The van der Waals surface area contributed by atoms with E-state index in [9.17, 15) is 4.53 Å².